The summed E-state index contributed by atoms with van der Waals surface area (Å²) in [5, 5.41) is 2.78. The van der Waals surface area contributed by atoms with Crippen LogP contribution in [0.25, 0.3) is 11.0 Å². The largest absolute Gasteiger partial charge is 0.488 e. The Morgan fingerprint density at radius 1 is 1.07 bits per heavy atom. The number of nitrogens with one attached hydrogen (secondary N) is 1. The van der Waals surface area contributed by atoms with Gasteiger partial charge in [0.05, 0.1) is 28.5 Å². The van der Waals surface area contributed by atoms with Gasteiger partial charge in [0.25, 0.3) is 5.91 Å². The highest BCUT2D eigenvalue weighted by Crippen LogP contribution is 2.18. The van der Waals surface area contributed by atoms with E-state index in [1.165, 1.54) is 6.07 Å². The molecule has 0 aliphatic carbocycles. The fourth-order valence-electron chi connectivity index (χ4n) is 2.53. The van der Waals surface area contributed by atoms with E-state index in [0.29, 0.717) is 11.1 Å². The third-order valence-corrected chi connectivity index (χ3v) is 4.10. The number of hydrogen-bond donors (Lipinski definition) is 1. The number of carbonyl (C=O) groups is 1. The second-order valence-electron chi connectivity index (χ2n) is 6.36. The van der Waals surface area contributed by atoms with Crippen molar-refractivity contribution >= 4 is 16.9 Å². The molecule has 0 saturated heterocycles. The number of benzene rings is 2. The van der Waals surface area contributed by atoms with Crippen LogP contribution in [-0.4, -0.2) is 28.5 Å². The lowest BCUT2D eigenvalue weighted by Gasteiger charge is -2.15. The Balaban J connectivity index is 1.65. The van der Waals surface area contributed by atoms with Gasteiger partial charge >= 0.3 is 0 Å². The lowest BCUT2D eigenvalue weighted by atomic mass is 10.1. The lowest BCUT2D eigenvalue weighted by Crippen LogP contribution is -2.36. The number of rotatable bonds is 5. The highest BCUT2D eigenvalue weighted by Gasteiger charge is 2.13. The van der Waals surface area contributed by atoms with Crippen molar-refractivity contribution in [1.29, 1.82) is 0 Å². The van der Waals surface area contributed by atoms with Crippen LogP contribution >= 0.6 is 0 Å². The maximum Gasteiger partial charge on any atom is 0.251 e. The van der Waals surface area contributed by atoms with Gasteiger partial charge in [-0.15, -0.1) is 0 Å². The van der Waals surface area contributed by atoms with E-state index in [0.717, 1.165) is 29.0 Å². The molecule has 5 nitrogen and oxygen atoms in total. The Morgan fingerprint density at radius 3 is 2.48 bits per heavy atom. The Labute approximate surface area is 155 Å². The summed E-state index contributed by atoms with van der Waals surface area (Å²) in [5.41, 5.74) is 3.46. The van der Waals surface area contributed by atoms with Crippen LogP contribution < -0.4 is 10.1 Å². The third kappa shape index (κ3) is 4.36. The van der Waals surface area contributed by atoms with Gasteiger partial charge < -0.3 is 10.1 Å². The molecule has 1 unspecified atom stereocenters. The monoisotopic (exact) mass is 371 g/mol. The molecule has 2 aromatic carbocycles. The molecule has 3 rings (SSSR count). The molecule has 0 radical (unpaired) electrons. The first kappa shape index (κ1) is 18.7. The molecule has 7 heteroatoms. The molecule has 3 aromatic rings. The molecule has 0 spiro atoms. The second-order valence-corrected chi connectivity index (χ2v) is 6.36. The van der Waals surface area contributed by atoms with Crippen LogP contribution in [0.15, 0.2) is 36.4 Å². The van der Waals surface area contributed by atoms with Crippen molar-refractivity contribution in [2.24, 2.45) is 0 Å². The molecular formula is C20H19F2N3O2. The molecular weight excluding hydrogens is 352 g/mol. The Kier molecular flexibility index (Phi) is 5.30. The van der Waals surface area contributed by atoms with Gasteiger partial charge in [-0.2, -0.15) is 0 Å². The van der Waals surface area contributed by atoms with Crippen LogP contribution in [0.4, 0.5) is 8.78 Å². The topological polar surface area (TPSA) is 64.1 Å². The Hall–Kier alpha value is -3.09. The Morgan fingerprint density at radius 2 is 1.78 bits per heavy atom. The summed E-state index contributed by atoms with van der Waals surface area (Å²) in [7, 11) is 0. The van der Waals surface area contributed by atoms with Gasteiger partial charge in [-0.25, -0.2) is 18.7 Å². The minimum absolute atomic E-state index is 0.0416. The number of carbonyl (C=O) groups excluding carboxylic acids is 1. The summed E-state index contributed by atoms with van der Waals surface area (Å²) >= 11 is 0. The van der Waals surface area contributed by atoms with Gasteiger partial charge in [0.2, 0.25) is 0 Å². The first-order valence-electron chi connectivity index (χ1n) is 8.47. The first-order chi connectivity index (χ1) is 12.8. The van der Waals surface area contributed by atoms with Gasteiger partial charge in [0.1, 0.15) is 12.4 Å². The summed E-state index contributed by atoms with van der Waals surface area (Å²) in [6.07, 6.45) is 0. The minimum atomic E-state index is -0.785. The summed E-state index contributed by atoms with van der Waals surface area (Å²) in [6, 6.07) is 7.79. The summed E-state index contributed by atoms with van der Waals surface area (Å²) in [4.78, 5) is 21.3. The molecule has 1 N–H and O–H groups in total. The molecule has 140 valence electrons. The van der Waals surface area contributed by atoms with Crippen LogP contribution in [0.5, 0.6) is 5.75 Å². The minimum Gasteiger partial charge on any atom is -0.488 e. The molecule has 1 atom stereocenters. The number of fused-ring (bicyclic) bond motifs is 1. The van der Waals surface area contributed by atoms with Gasteiger partial charge in [0.15, 0.2) is 11.6 Å². The van der Waals surface area contributed by atoms with Gasteiger partial charge in [-0.05, 0) is 51.1 Å². The molecule has 0 bridgehead atoms. The van der Waals surface area contributed by atoms with Crippen molar-refractivity contribution in [2.75, 3.05) is 6.61 Å². The SMILES string of the molecule is Cc1nc2ccc(C(=O)NC(C)COc3ccc(F)cc3F)cc2nc1C. The average molecular weight is 371 g/mol. The number of ether oxygens (including phenoxy) is 1. The molecule has 1 amide bonds. The summed E-state index contributed by atoms with van der Waals surface area (Å²) < 4.78 is 31.8. The number of hydrogen-bond acceptors (Lipinski definition) is 4. The number of aromatic nitrogens is 2. The van der Waals surface area contributed by atoms with Crippen molar-refractivity contribution in [3.63, 3.8) is 0 Å². The number of halogens is 2. The van der Waals surface area contributed by atoms with Crippen LogP contribution in [0.3, 0.4) is 0 Å². The van der Waals surface area contributed by atoms with E-state index >= 15 is 0 Å². The molecule has 0 saturated carbocycles. The fraction of sp³-hybridized carbons (Fsp3) is 0.250. The highest BCUT2D eigenvalue weighted by molar-refractivity contribution is 5.97. The first-order valence-corrected chi connectivity index (χ1v) is 8.47. The van der Waals surface area contributed by atoms with Gasteiger partial charge in [-0.3, -0.25) is 4.79 Å². The zero-order chi connectivity index (χ0) is 19.6. The normalized spacial score (nSPS) is 12.0. The fourth-order valence-corrected chi connectivity index (χ4v) is 2.53. The van der Waals surface area contributed by atoms with Gasteiger partial charge in [0, 0.05) is 11.6 Å². The van der Waals surface area contributed by atoms with E-state index in [9.17, 15) is 13.6 Å². The van der Waals surface area contributed by atoms with Crippen molar-refractivity contribution in [3.05, 3.63) is 65.0 Å². The zero-order valence-electron chi connectivity index (χ0n) is 15.2. The highest BCUT2D eigenvalue weighted by atomic mass is 19.1. The second kappa shape index (κ2) is 7.65. The molecule has 0 fully saturated rings. The predicted molar refractivity (Wildman–Crippen MR) is 97.8 cm³/mol. The van der Waals surface area contributed by atoms with Crippen LogP contribution in [0, 0.1) is 25.5 Å². The van der Waals surface area contributed by atoms with Crippen LogP contribution in [0.1, 0.15) is 28.7 Å². The summed E-state index contributed by atoms with van der Waals surface area (Å²) in [6.45, 7) is 5.52. The third-order valence-electron chi connectivity index (χ3n) is 4.10. The summed E-state index contributed by atoms with van der Waals surface area (Å²) in [5.74, 6) is -1.82. The van der Waals surface area contributed by atoms with Crippen molar-refractivity contribution in [2.45, 2.75) is 26.8 Å². The molecule has 0 aliphatic heterocycles. The van der Waals surface area contributed by atoms with Gasteiger partial charge in [-0.1, -0.05) is 0 Å². The molecule has 1 heterocycles. The quantitative estimate of drug-likeness (QED) is 0.742. The van der Waals surface area contributed by atoms with Crippen LogP contribution in [0.2, 0.25) is 0 Å². The van der Waals surface area contributed by atoms with Crippen molar-refractivity contribution in [3.8, 4) is 5.75 Å². The molecule has 0 aliphatic rings. The predicted octanol–water partition coefficient (Wildman–Crippen LogP) is 3.72. The Bertz CT molecular complexity index is 1010. The van der Waals surface area contributed by atoms with E-state index in [4.69, 9.17) is 4.74 Å². The average Bonchev–Trinajstić information content (AvgIpc) is 2.61. The van der Waals surface area contributed by atoms with E-state index < -0.39 is 11.6 Å². The van der Waals surface area contributed by atoms with Crippen molar-refractivity contribution < 1.29 is 18.3 Å². The van der Waals surface area contributed by atoms with Crippen molar-refractivity contribution in [1.82, 2.24) is 15.3 Å². The number of nitrogens with zero attached hydrogens (tertiary/aromatic N) is 2. The van der Waals surface area contributed by atoms with Crippen LogP contribution in [-0.2, 0) is 0 Å². The molecule has 27 heavy (non-hydrogen) atoms. The van der Waals surface area contributed by atoms with E-state index in [2.05, 4.69) is 15.3 Å². The van der Waals surface area contributed by atoms with E-state index in [-0.39, 0.29) is 24.3 Å². The maximum absolute atomic E-state index is 13.6. The smallest absolute Gasteiger partial charge is 0.251 e. The number of aryl methyl sites for hydroxylation is 2. The standard InChI is InChI=1S/C20H19F2N3O2/c1-11(10-27-19-7-5-15(21)9-16(19)22)23-20(26)14-4-6-17-18(8-14)25-13(3)12(2)24-17/h4-9,11H,10H2,1-3H3,(H,23,26). The number of amides is 1. The zero-order valence-corrected chi connectivity index (χ0v) is 15.2. The maximum atomic E-state index is 13.6. The van der Waals surface area contributed by atoms with E-state index in [1.807, 2.05) is 13.8 Å². The van der Waals surface area contributed by atoms with E-state index in [1.54, 1.807) is 25.1 Å². The molecule has 1 aromatic heterocycles. The lowest BCUT2D eigenvalue weighted by molar-refractivity contribution is 0.0926.